The Balaban J connectivity index is 1.64. The molecule has 0 saturated carbocycles. The Morgan fingerprint density at radius 2 is 1.74 bits per heavy atom. The molecule has 0 fully saturated rings. The molecule has 0 unspecified atom stereocenters. The molecule has 0 saturated heterocycles. The van der Waals surface area contributed by atoms with Crippen LogP contribution in [0.2, 0.25) is 0 Å². The van der Waals surface area contributed by atoms with E-state index in [0.29, 0.717) is 17.1 Å². The van der Waals surface area contributed by atoms with Gasteiger partial charge in [-0.1, -0.05) is 18.2 Å². The van der Waals surface area contributed by atoms with Gasteiger partial charge in [0.15, 0.2) is 0 Å². The lowest BCUT2D eigenvalue weighted by Gasteiger charge is -2.36. The maximum atomic E-state index is 13.5. The number of hydrogen-bond donors (Lipinski definition) is 2. The van der Waals surface area contributed by atoms with E-state index in [1.165, 1.54) is 29.2 Å². The summed E-state index contributed by atoms with van der Waals surface area (Å²) in [6.45, 7) is 3.90. The molecule has 0 radical (unpaired) electrons. The summed E-state index contributed by atoms with van der Waals surface area (Å²) in [7, 11) is 0. The summed E-state index contributed by atoms with van der Waals surface area (Å²) in [6, 6.07) is 16.3. The highest BCUT2D eigenvalue weighted by molar-refractivity contribution is 6.17. The molecule has 0 spiro atoms. The third-order valence-electron chi connectivity index (χ3n) is 5.75. The number of hydrogen-bond acceptors (Lipinski definition) is 5. The van der Waals surface area contributed by atoms with Gasteiger partial charge in [-0.15, -0.1) is 0 Å². The Morgan fingerprint density at radius 1 is 1.03 bits per heavy atom. The standard InChI is InChI=1S/C25H22N4O5/c1-15-7-10-18(13-16(15)2)26-23(30)14-22-24(31)27-20-5-3-4-6-21(20)28(22)25(32)17-8-11-19(12-9-17)29(33)34/h3-13,22H,14H2,1-2H3,(H,26,30)(H,27,31)/t22-/m1/s1. The third-order valence-corrected chi connectivity index (χ3v) is 5.75. The van der Waals surface area contributed by atoms with Crippen molar-refractivity contribution in [2.24, 2.45) is 0 Å². The molecular weight excluding hydrogens is 436 g/mol. The van der Waals surface area contributed by atoms with Crippen LogP contribution in [0.4, 0.5) is 22.7 Å². The van der Waals surface area contributed by atoms with Crippen LogP contribution in [0.3, 0.4) is 0 Å². The highest BCUT2D eigenvalue weighted by Gasteiger charge is 2.38. The van der Waals surface area contributed by atoms with Gasteiger partial charge in [0.05, 0.1) is 22.7 Å². The Labute approximate surface area is 195 Å². The molecule has 9 nitrogen and oxygen atoms in total. The number of benzene rings is 3. The number of non-ortho nitro benzene ring substituents is 1. The number of carbonyl (C=O) groups is 3. The Bertz CT molecular complexity index is 1300. The average molecular weight is 458 g/mol. The van der Waals surface area contributed by atoms with E-state index in [0.717, 1.165) is 11.1 Å². The van der Waals surface area contributed by atoms with E-state index < -0.39 is 28.7 Å². The first-order valence-corrected chi connectivity index (χ1v) is 10.6. The van der Waals surface area contributed by atoms with Crippen LogP contribution in [-0.2, 0) is 9.59 Å². The van der Waals surface area contributed by atoms with Crippen molar-refractivity contribution < 1.29 is 19.3 Å². The highest BCUT2D eigenvalue weighted by atomic mass is 16.6. The zero-order valence-corrected chi connectivity index (χ0v) is 18.6. The van der Waals surface area contributed by atoms with Gasteiger partial charge >= 0.3 is 0 Å². The van der Waals surface area contributed by atoms with Crippen LogP contribution in [-0.4, -0.2) is 28.7 Å². The van der Waals surface area contributed by atoms with Crippen molar-refractivity contribution in [1.29, 1.82) is 0 Å². The van der Waals surface area contributed by atoms with Gasteiger partial charge in [0.25, 0.3) is 11.6 Å². The minimum atomic E-state index is -1.11. The van der Waals surface area contributed by atoms with Crippen molar-refractivity contribution in [3.63, 3.8) is 0 Å². The maximum absolute atomic E-state index is 13.5. The van der Waals surface area contributed by atoms with Gasteiger partial charge in [0.1, 0.15) is 6.04 Å². The van der Waals surface area contributed by atoms with E-state index >= 15 is 0 Å². The number of nitro groups is 1. The lowest BCUT2D eigenvalue weighted by molar-refractivity contribution is -0.384. The number of carbonyl (C=O) groups excluding carboxylic acids is 3. The van der Waals surface area contributed by atoms with E-state index in [9.17, 15) is 24.5 Å². The molecule has 3 aromatic rings. The molecule has 9 heteroatoms. The maximum Gasteiger partial charge on any atom is 0.269 e. The van der Waals surface area contributed by atoms with E-state index in [2.05, 4.69) is 10.6 Å². The predicted octanol–water partition coefficient (Wildman–Crippen LogP) is 4.21. The van der Waals surface area contributed by atoms with E-state index in [1.54, 1.807) is 30.3 Å². The number of para-hydroxylation sites is 2. The smallest absolute Gasteiger partial charge is 0.269 e. The first-order valence-electron chi connectivity index (χ1n) is 10.6. The predicted molar refractivity (Wildman–Crippen MR) is 128 cm³/mol. The molecule has 1 aliphatic rings. The molecule has 0 aliphatic carbocycles. The lowest BCUT2D eigenvalue weighted by atomic mass is 10.0. The topological polar surface area (TPSA) is 122 Å². The number of nitro benzene ring substituents is 1. The van der Waals surface area contributed by atoms with Crippen LogP contribution >= 0.6 is 0 Å². The summed E-state index contributed by atoms with van der Waals surface area (Å²) < 4.78 is 0. The van der Waals surface area contributed by atoms with Crippen LogP contribution < -0.4 is 15.5 Å². The first kappa shape index (κ1) is 22.7. The number of aryl methyl sites for hydroxylation is 2. The largest absolute Gasteiger partial charge is 0.326 e. The second kappa shape index (κ2) is 9.14. The second-order valence-electron chi connectivity index (χ2n) is 8.05. The van der Waals surface area contributed by atoms with Gasteiger partial charge in [-0.3, -0.25) is 29.4 Å². The van der Waals surface area contributed by atoms with Crippen molar-refractivity contribution >= 4 is 40.5 Å². The zero-order chi connectivity index (χ0) is 24.4. The van der Waals surface area contributed by atoms with Crippen LogP contribution in [0.15, 0.2) is 66.7 Å². The summed E-state index contributed by atoms with van der Waals surface area (Å²) in [5.41, 5.74) is 3.58. The molecule has 1 atom stereocenters. The third kappa shape index (κ3) is 4.49. The zero-order valence-electron chi connectivity index (χ0n) is 18.6. The van der Waals surface area contributed by atoms with Crippen molar-refractivity contribution in [2.75, 3.05) is 15.5 Å². The summed E-state index contributed by atoms with van der Waals surface area (Å²) in [5.74, 6) is -1.46. The molecule has 2 N–H and O–H groups in total. The van der Waals surface area contributed by atoms with Gasteiger partial charge in [-0.05, 0) is 61.4 Å². The highest BCUT2D eigenvalue weighted by Crippen LogP contribution is 2.34. The lowest BCUT2D eigenvalue weighted by Crippen LogP contribution is -2.52. The van der Waals surface area contributed by atoms with Crippen molar-refractivity contribution in [3.05, 3.63) is 93.5 Å². The van der Waals surface area contributed by atoms with Crippen LogP contribution in [0.1, 0.15) is 27.9 Å². The summed E-state index contributed by atoms with van der Waals surface area (Å²) in [5, 5.41) is 16.5. The minimum Gasteiger partial charge on any atom is -0.326 e. The fourth-order valence-corrected chi connectivity index (χ4v) is 3.80. The normalized spacial score (nSPS) is 14.7. The Kier molecular flexibility index (Phi) is 6.09. The first-order chi connectivity index (χ1) is 16.2. The number of fused-ring (bicyclic) bond motifs is 1. The Morgan fingerprint density at radius 3 is 2.41 bits per heavy atom. The average Bonchev–Trinajstić information content (AvgIpc) is 2.81. The van der Waals surface area contributed by atoms with Crippen LogP contribution in [0, 0.1) is 24.0 Å². The molecule has 0 aromatic heterocycles. The SMILES string of the molecule is Cc1ccc(NC(=O)C[C@@H]2C(=O)Nc3ccccc3N2C(=O)c2ccc([N+](=O)[O-])cc2)cc1C. The fraction of sp³-hybridized carbons (Fsp3) is 0.160. The molecule has 1 aliphatic heterocycles. The van der Waals surface area contributed by atoms with Gasteiger partial charge < -0.3 is 10.6 Å². The molecular formula is C25H22N4O5. The summed E-state index contributed by atoms with van der Waals surface area (Å²) in [4.78, 5) is 51.0. The quantitative estimate of drug-likeness (QED) is 0.438. The minimum absolute atomic E-state index is 0.155. The van der Waals surface area contributed by atoms with E-state index in [4.69, 9.17) is 0 Å². The monoisotopic (exact) mass is 458 g/mol. The number of rotatable bonds is 5. The fourth-order valence-electron chi connectivity index (χ4n) is 3.80. The molecule has 1 heterocycles. The molecule has 3 aromatic carbocycles. The molecule has 3 amide bonds. The number of anilines is 3. The van der Waals surface area contributed by atoms with Gasteiger partial charge in [0, 0.05) is 23.4 Å². The number of amides is 3. The summed E-state index contributed by atoms with van der Waals surface area (Å²) >= 11 is 0. The molecule has 0 bridgehead atoms. The van der Waals surface area contributed by atoms with E-state index in [-0.39, 0.29) is 17.7 Å². The van der Waals surface area contributed by atoms with Crippen molar-refractivity contribution in [2.45, 2.75) is 26.3 Å². The van der Waals surface area contributed by atoms with Crippen molar-refractivity contribution in [3.8, 4) is 0 Å². The number of nitrogens with one attached hydrogen (secondary N) is 2. The van der Waals surface area contributed by atoms with Gasteiger partial charge in [0.2, 0.25) is 11.8 Å². The van der Waals surface area contributed by atoms with Gasteiger partial charge in [-0.2, -0.15) is 0 Å². The van der Waals surface area contributed by atoms with Crippen molar-refractivity contribution in [1.82, 2.24) is 0 Å². The Hall–Kier alpha value is -4.53. The second-order valence-corrected chi connectivity index (χ2v) is 8.05. The number of nitrogens with zero attached hydrogens (tertiary/aromatic N) is 2. The van der Waals surface area contributed by atoms with E-state index in [1.807, 2.05) is 26.0 Å². The van der Waals surface area contributed by atoms with Crippen LogP contribution in [0.5, 0.6) is 0 Å². The molecule has 172 valence electrons. The molecule has 4 rings (SSSR count). The molecule has 34 heavy (non-hydrogen) atoms. The van der Waals surface area contributed by atoms with Gasteiger partial charge in [-0.25, -0.2) is 0 Å². The summed E-state index contributed by atoms with van der Waals surface area (Å²) in [6.07, 6.45) is -0.272. The van der Waals surface area contributed by atoms with Crippen LogP contribution in [0.25, 0.3) is 0 Å².